The Morgan fingerprint density at radius 3 is 2.60 bits per heavy atom. The first kappa shape index (κ1) is 19.9. The van der Waals surface area contributed by atoms with Crippen molar-refractivity contribution in [3.63, 3.8) is 0 Å². The highest BCUT2D eigenvalue weighted by atomic mass is 35.5. The third-order valence-electron chi connectivity index (χ3n) is 4.82. The Labute approximate surface area is 176 Å². The van der Waals surface area contributed by atoms with Gasteiger partial charge >= 0.3 is 6.03 Å². The fourth-order valence-electron chi connectivity index (χ4n) is 3.40. The molecule has 2 aromatic rings. The Morgan fingerprint density at radius 1 is 1.13 bits per heavy atom. The van der Waals surface area contributed by atoms with Crippen LogP contribution in [0.2, 0.25) is 5.02 Å². The molecule has 0 aliphatic carbocycles. The van der Waals surface area contributed by atoms with Crippen LogP contribution in [0.4, 0.5) is 21.9 Å². The standard InChI is InChI=1S/C20H17ClN4O5/c21-14-2-1-3-15(12-14)24-19(26)17(22-20(24)27)11-13-10-16(25(28)29)4-5-18(13)23-6-8-30-9-7-23/h1-5,10-12H,6-9H2,(H,22,27)/b17-11-. The molecular formula is C20H17ClN4O5. The third-order valence-corrected chi connectivity index (χ3v) is 5.05. The van der Waals surface area contributed by atoms with Crippen molar-refractivity contribution in [1.29, 1.82) is 0 Å². The highest BCUT2D eigenvalue weighted by Gasteiger charge is 2.35. The molecular weight excluding hydrogens is 412 g/mol. The number of ether oxygens (including phenoxy) is 1. The van der Waals surface area contributed by atoms with Crippen LogP contribution in [0, 0.1) is 10.1 Å². The Bertz CT molecular complexity index is 1060. The molecule has 2 heterocycles. The predicted octanol–water partition coefficient (Wildman–Crippen LogP) is 3.18. The number of nitrogens with one attached hydrogen (secondary N) is 1. The van der Waals surface area contributed by atoms with E-state index in [1.807, 2.05) is 4.90 Å². The van der Waals surface area contributed by atoms with Gasteiger partial charge in [0, 0.05) is 41.5 Å². The van der Waals surface area contributed by atoms with Gasteiger partial charge in [-0.3, -0.25) is 14.9 Å². The molecule has 0 unspecified atom stereocenters. The van der Waals surface area contributed by atoms with Crippen LogP contribution in [0.1, 0.15) is 5.56 Å². The van der Waals surface area contributed by atoms with Gasteiger partial charge in [-0.05, 0) is 30.3 Å². The van der Waals surface area contributed by atoms with Crippen LogP contribution in [-0.4, -0.2) is 43.2 Å². The summed E-state index contributed by atoms with van der Waals surface area (Å²) in [5.41, 5.74) is 1.43. The molecule has 2 aliphatic rings. The van der Waals surface area contributed by atoms with Gasteiger partial charge in [0.2, 0.25) is 0 Å². The second-order valence-electron chi connectivity index (χ2n) is 6.71. The second-order valence-corrected chi connectivity index (χ2v) is 7.14. The minimum absolute atomic E-state index is 0.0231. The first-order valence-electron chi connectivity index (χ1n) is 9.18. The molecule has 0 bridgehead atoms. The Kier molecular flexibility index (Phi) is 5.39. The maximum atomic E-state index is 12.9. The van der Waals surface area contributed by atoms with Crippen molar-refractivity contribution in [1.82, 2.24) is 5.32 Å². The molecule has 2 aromatic carbocycles. The molecule has 0 radical (unpaired) electrons. The molecule has 0 saturated carbocycles. The van der Waals surface area contributed by atoms with Crippen molar-refractivity contribution in [2.45, 2.75) is 0 Å². The number of imide groups is 1. The van der Waals surface area contributed by atoms with Gasteiger partial charge in [0.15, 0.2) is 0 Å². The van der Waals surface area contributed by atoms with Crippen LogP contribution in [0.5, 0.6) is 0 Å². The summed E-state index contributed by atoms with van der Waals surface area (Å²) in [7, 11) is 0. The number of anilines is 2. The zero-order valence-corrected chi connectivity index (χ0v) is 16.5. The third kappa shape index (κ3) is 3.85. The number of nitro groups is 1. The van der Waals surface area contributed by atoms with Crippen LogP contribution in [0.25, 0.3) is 6.08 Å². The molecule has 2 fully saturated rings. The number of urea groups is 1. The highest BCUT2D eigenvalue weighted by Crippen LogP contribution is 2.30. The molecule has 154 valence electrons. The zero-order valence-electron chi connectivity index (χ0n) is 15.7. The molecule has 2 aliphatic heterocycles. The fraction of sp³-hybridized carbons (Fsp3) is 0.200. The van der Waals surface area contributed by atoms with Crippen molar-refractivity contribution in [2.75, 3.05) is 36.1 Å². The van der Waals surface area contributed by atoms with Gasteiger partial charge in [-0.1, -0.05) is 17.7 Å². The van der Waals surface area contributed by atoms with Gasteiger partial charge < -0.3 is 15.0 Å². The lowest BCUT2D eigenvalue weighted by Crippen LogP contribution is -2.36. The van der Waals surface area contributed by atoms with Crippen LogP contribution in [-0.2, 0) is 9.53 Å². The summed E-state index contributed by atoms with van der Waals surface area (Å²) in [5, 5.41) is 14.2. The summed E-state index contributed by atoms with van der Waals surface area (Å²) in [6, 6.07) is 10.2. The van der Waals surface area contributed by atoms with Crippen molar-refractivity contribution in [3.8, 4) is 0 Å². The van der Waals surface area contributed by atoms with Gasteiger partial charge in [0.1, 0.15) is 5.70 Å². The SMILES string of the molecule is O=C1N/C(=C\c2cc([N+](=O)[O-])ccc2N2CCOCC2)C(=O)N1c1cccc(Cl)c1. The number of hydrogen-bond acceptors (Lipinski definition) is 6. The van der Waals surface area contributed by atoms with Gasteiger partial charge in [-0.25, -0.2) is 9.69 Å². The van der Waals surface area contributed by atoms with E-state index < -0.39 is 16.9 Å². The summed E-state index contributed by atoms with van der Waals surface area (Å²) in [6.45, 7) is 2.29. The summed E-state index contributed by atoms with van der Waals surface area (Å²) < 4.78 is 5.37. The van der Waals surface area contributed by atoms with E-state index in [-0.39, 0.29) is 11.4 Å². The Morgan fingerprint density at radius 2 is 1.90 bits per heavy atom. The number of benzene rings is 2. The number of halogens is 1. The van der Waals surface area contributed by atoms with Crippen LogP contribution in [0.15, 0.2) is 48.2 Å². The molecule has 1 N–H and O–H groups in total. The Balaban J connectivity index is 1.73. The van der Waals surface area contributed by atoms with Crippen molar-refractivity contribution >= 4 is 46.7 Å². The van der Waals surface area contributed by atoms with Crippen molar-refractivity contribution < 1.29 is 19.2 Å². The van der Waals surface area contributed by atoms with E-state index in [1.54, 1.807) is 24.3 Å². The van der Waals surface area contributed by atoms with E-state index in [0.717, 1.165) is 10.6 Å². The minimum Gasteiger partial charge on any atom is -0.378 e. The molecule has 10 heteroatoms. The van der Waals surface area contributed by atoms with Gasteiger partial charge in [0.25, 0.3) is 11.6 Å². The van der Waals surface area contributed by atoms with E-state index in [9.17, 15) is 19.7 Å². The largest absolute Gasteiger partial charge is 0.378 e. The van der Waals surface area contributed by atoms with Gasteiger partial charge in [-0.15, -0.1) is 0 Å². The normalized spacial score (nSPS) is 18.1. The number of carbonyl (C=O) groups is 2. The number of amides is 3. The quantitative estimate of drug-likeness (QED) is 0.347. The average molecular weight is 429 g/mol. The molecule has 9 nitrogen and oxygen atoms in total. The molecule has 0 atom stereocenters. The number of morpholine rings is 1. The lowest BCUT2D eigenvalue weighted by molar-refractivity contribution is -0.384. The van der Waals surface area contributed by atoms with E-state index >= 15 is 0 Å². The monoisotopic (exact) mass is 428 g/mol. The molecule has 0 aromatic heterocycles. The first-order valence-corrected chi connectivity index (χ1v) is 9.55. The van der Waals surface area contributed by atoms with E-state index in [4.69, 9.17) is 16.3 Å². The maximum absolute atomic E-state index is 12.9. The summed E-state index contributed by atoms with van der Waals surface area (Å²) in [4.78, 5) is 39.1. The smallest absolute Gasteiger partial charge is 0.333 e. The number of nitrogens with zero attached hydrogens (tertiary/aromatic N) is 3. The minimum atomic E-state index is -0.619. The molecule has 30 heavy (non-hydrogen) atoms. The lowest BCUT2D eigenvalue weighted by atomic mass is 10.1. The fourth-order valence-corrected chi connectivity index (χ4v) is 3.59. The second kappa shape index (κ2) is 8.13. The van der Waals surface area contributed by atoms with Crippen LogP contribution >= 0.6 is 11.6 Å². The molecule has 4 rings (SSSR count). The van der Waals surface area contributed by atoms with Crippen molar-refractivity contribution in [2.24, 2.45) is 0 Å². The van der Waals surface area contributed by atoms with Gasteiger partial charge in [0.05, 0.1) is 23.8 Å². The number of hydrogen-bond donors (Lipinski definition) is 1. The number of carbonyl (C=O) groups excluding carboxylic acids is 2. The number of non-ortho nitro benzene ring substituents is 1. The average Bonchev–Trinajstić information content (AvgIpc) is 3.01. The summed E-state index contributed by atoms with van der Waals surface area (Å²) in [6.07, 6.45) is 1.46. The van der Waals surface area contributed by atoms with Crippen LogP contribution < -0.4 is 15.1 Å². The molecule has 3 amide bonds. The number of rotatable bonds is 4. The van der Waals surface area contributed by atoms with E-state index in [1.165, 1.54) is 24.3 Å². The Hall–Kier alpha value is -3.43. The van der Waals surface area contributed by atoms with Crippen molar-refractivity contribution in [3.05, 3.63) is 68.9 Å². The topological polar surface area (TPSA) is 105 Å². The highest BCUT2D eigenvalue weighted by molar-refractivity contribution is 6.32. The van der Waals surface area contributed by atoms with Gasteiger partial charge in [-0.2, -0.15) is 0 Å². The molecule has 2 saturated heterocycles. The summed E-state index contributed by atoms with van der Waals surface area (Å²) >= 11 is 5.97. The zero-order chi connectivity index (χ0) is 21.3. The van der Waals surface area contributed by atoms with Crippen LogP contribution in [0.3, 0.4) is 0 Å². The first-order chi connectivity index (χ1) is 14.4. The molecule has 0 spiro atoms. The lowest BCUT2D eigenvalue weighted by Gasteiger charge is -2.30. The maximum Gasteiger partial charge on any atom is 0.333 e. The predicted molar refractivity (Wildman–Crippen MR) is 112 cm³/mol. The van der Waals surface area contributed by atoms with E-state index in [2.05, 4.69) is 5.32 Å². The van der Waals surface area contributed by atoms with E-state index in [0.29, 0.717) is 42.6 Å². The number of nitro benzene ring substituents is 1. The summed E-state index contributed by atoms with van der Waals surface area (Å²) in [5.74, 6) is -0.568.